The molecule has 0 amide bonds. The van der Waals surface area contributed by atoms with E-state index in [0.717, 1.165) is 10.3 Å². The van der Waals surface area contributed by atoms with Crippen molar-refractivity contribution in [1.82, 2.24) is 14.5 Å². The first-order chi connectivity index (χ1) is 10.3. The van der Waals surface area contributed by atoms with Gasteiger partial charge in [0.25, 0.3) is 0 Å². The van der Waals surface area contributed by atoms with Crippen molar-refractivity contribution in [3.8, 4) is 5.75 Å². The van der Waals surface area contributed by atoms with Gasteiger partial charge in [0.05, 0.1) is 18.6 Å². The van der Waals surface area contributed by atoms with Crippen LogP contribution in [-0.4, -0.2) is 46.9 Å². The van der Waals surface area contributed by atoms with E-state index >= 15 is 0 Å². The Morgan fingerprint density at radius 1 is 1.45 bits per heavy atom. The molecule has 0 aliphatic carbocycles. The molecule has 0 saturated heterocycles. The van der Waals surface area contributed by atoms with Crippen LogP contribution in [0.25, 0.3) is 10.9 Å². The topological polar surface area (TPSA) is 47.4 Å². The lowest BCUT2D eigenvalue weighted by Crippen LogP contribution is -2.43. The lowest BCUT2D eigenvalue weighted by molar-refractivity contribution is -0.145. The summed E-state index contributed by atoms with van der Waals surface area (Å²) in [6.45, 7) is -0.773. The number of hydrogen-bond donors (Lipinski definition) is 0. The molecular formula is C14H14F3N3O2. The second kappa shape index (κ2) is 5.28. The van der Waals surface area contributed by atoms with E-state index in [2.05, 4.69) is 4.98 Å². The Balaban J connectivity index is 1.86. The molecular weight excluding hydrogens is 299 g/mol. The third kappa shape index (κ3) is 2.92. The molecule has 0 N–H and O–H groups in total. The Labute approximate surface area is 123 Å². The lowest BCUT2D eigenvalue weighted by atomic mass is 10.2. The number of benzene rings is 1. The van der Waals surface area contributed by atoms with E-state index in [1.54, 1.807) is 18.2 Å². The first-order valence-electron chi connectivity index (χ1n) is 6.74. The number of aromatic nitrogens is 2. The van der Waals surface area contributed by atoms with E-state index in [9.17, 15) is 18.0 Å². The molecule has 1 atom stereocenters. The van der Waals surface area contributed by atoms with Gasteiger partial charge in [-0.25, -0.2) is 9.78 Å². The molecule has 1 aliphatic rings. The van der Waals surface area contributed by atoms with E-state index in [1.807, 2.05) is 0 Å². The van der Waals surface area contributed by atoms with E-state index in [1.165, 1.54) is 17.8 Å². The van der Waals surface area contributed by atoms with Gasteiger partial charge in [-0.05, 0) is 13.1 Å². The molecule has 1 unspecified atom stereocenters. The molecule has 0 saturated carbocycles. The number of nitrogens with zero attached hydrogens (tertiary/aromatic N) is 3. The van der Waals surface area contributed by atoms with Crippen LogP contribution in [0, 0.1) is 0 Å². The Hall–Kier alpha value is -2.09. The maximum atomic E-state index is 12.4. The van der Waals surface area contributed by atoms with Gasteiger partial charge < -0.3 is 4.74 Å². The zero-order valence-corrected chi connectivity index (χ0v) is 11.8. The quantitative estimate of drug-likeness (QED) is 0.864. The minimum atomic E-state index is -4.26. The summed E-state index contributed by atoms with van der Waals surface area (Å²) in [5.41, 5.74) is 0.212. The molecule has 1 aromatic heterocycles. The number of para-hydroxylation sites is 1. The van der Waals surface area contributed by atoms with Crippen LogP contribution < -0.4 is 10.4 Å². The third-order valence-corrected chi connectivity index (χ3v) is 3.49. The van der Waals surface area contributed by atoms with Gasteiger partial charge in [0.1, 0.15) is 11.9 Å². The monoisotopic (exact) mass is 313 g/mol. The standard InChI is InChI=1S/C14H14F3N3O2/c1-19(8-14(15,16)17)6-10-7-20-12-9(5-18-13(20)21)3-2-4-11(12)22-10/h2-5,10H,6-8H2,1H3. The first-order valence-corrected chi connectivity index (χ1v) is 6.74. The number of ether oxygens (including phenoxy) is 1. The minimum Gasteiger partial charge on any atom is -0.485 e. The minimum absolute atomic E-state index is 0.0661. The fourth-order valence-electron chi connectivity index (χ4n) is 2.72. The van der Waals surface area contributed by atoms with E-state index in [-0.39, 0.29) is 13.1 Å². The van der Waals surface area contributed by atoms with Crippen molar-refractivity contribution >= 4 is 10.9 Å². The van der Waals surface area contributed by atoms with Crippen LogP contribution in [0.1, 0.15) is 0 Å². The van der Waals surface area contributed by atoms with Crippen LogP contribution in [0.15, 0.2) is 29.2 Å². The molecule has 0 bridgehead atoms. The zero-order chi connectivity index (χ0) is 15.9. The van der Waals surface area contributed by atoms with Gasteiger partial charge in [-0.15, -0.1) is 0 Å². The van der Waals surface area contributed by atoms with Crippen molar-refractivity contribution in [3.63, 3.8) is 0 Å². The largest absolute Gasteiger partial charge is 0.485 e. The van der Waals surface area contributed by atoms with Crippen molar-refractivity contribution in [2.75, 3.05) is 20.1 Å². The summed E-state index contributed by atoms with van der Waals surface area (Å²) >= 11 is 0. The van der Waals surface area contributed by atoms with Gasteiger partial charge in [-0.1, -0.05) is 12.1 Å². The van der Waals surface area contributed by atoms with E-state index in [4.69, 9.17) is 4.74 Å². The highest BCUT2D eigenvalue weighted by Gasteiger charge is 2.31. The lowest BCUT2D eigenvalue weighted by Gasteiger charge is -2.30. The number of rotatable bonds is 3. The highest BCUT2D eigenvalue weighted by molar-refractivity contribution is 5.84. The molecule has 0 spiro atoms. The maximum absolute atomic E-state index is 12.4. The summed E-state index contributed by atoms with van der Waals surface area (Å²) in [6, 6.07) is 5.27. The molecule has 2 heterocycles. The molecule has 0 radical (unpaired) electrons. The fourth-order valence-corrected chi connectivity index (χ4v) is 2.72. The van der Waals surface area contributed by atoms with E-state index in [0.29, 0.717) is 11.3 Å². The average molecular weight is 313 g/mol. The number of likely N-dealkylation sites (N-methyl/N-ethyl adjacent to an activating group) is 1. The predicted octanol–water partition coefficient (Wildman–Crippen LogP) is 1.65. The smallest absolute Gasteiger partial charge is 0.401 e. The molecule has 2 aromatic rings. The van der Waals surface area contributed by atoms with Crippen molar-refractivity contribution < 1.29 is 17.9 Å². The second-order valence-electron chi connectivity index (χ2n) is 5.40. The van der Waals surface area contributed by atoms with Crippen molar-refractivity contribution in [1.29, 1.82) is 0 Å². The van der Waals surface area contributed by atoms with E-state index < -0.39 is 24.5 Å². The van der Waals surface area contributed by atoms with Gasteiger partial charge in [0.2, 0.25) is 0 Å². The predicted molar refractivity (Wildman–Crippen MR) is 74.0 cm³/mol. The van der Waals surface area contributed by atoms with Crippen molar-refractivity contribution in [3.05, 3.63) is 34.9 Å². The summed E-state index contributed by atoms with van der Waals surface area (Å²) in [4.78, 5) is 16.8. The van der Waals surface area contributed by atoms with Gasteiger partial charge in [0, 0.05) is 18.1 Å². The SMILES string of the molecule is CN(CC1Cn2c(=O)ncc3cccc(c32)O1)CC(F)(F)F. The highest BCUT2D eigenvalue weighted by atomic mass is 19.4. The Morgan fingerprint density at radius 2 is 2.23 bits per heavy atom. The van der Waals surface area contributed by atoms with Gasteiger partial charge >= 0.3 is 11.9 Å². The molecule has 1 aromatic carbocycles. The molecule has 118 valence electrons. The summed E-state index contributed by atoms with van der Waals surface area (Å²) in [5.74, 6) is 0.494. The number of hydrogen-bond acceptors (Lipinski definition) is 4. The first kappa shape index (κ1) is 14.8. The molecule has 1 aliphatic heterocycles. The van der Waals surface area contributed by atoms with Crippen LogP contribution in [0.5, 0.6) is 5.75 Å². The molecule has 5 nitrogen and oxygen atoms in total. The van der Waals surface area contributed by atoms with Crippen LogP contribution in [0.2, 0.25) is 0 Å². The highest BCUT2D eigenvalue weighted by Crippen LogP contribution is 2.29. The second-order valence-corrected chi connectivity index (χ2v) is 5.40. The third-order valence-electron chi connectivity index (χ3n) is 3.49. The molecule has 0 fully saturated rings. The Morgan fingerprint density at radius 3 is 2.95 bits per heavy atom. The summed E-state index contributed by atoms with van der Waals surface area (Å²) in [7, 11) is 1.37. The normalized spacial score (nSPS) is 17.8. The van der Waals surface area contributed by atoms with Crippen LogP contribution in [-0.2, 0) is 6.54 Å². The van der Waals surface area contributed by atoms with Gasteiger partial charge in [0.15, 0.2) is 0 Å². The van der Waals surface area contributed by atoms with Crippen molar-refractivity contribution in [2.45, 2.75) is 18.8 Å². The molecule has 3 rings (SSSR count). The van der Waals surface area contributed by atoms with Crippen molar-refractivity contribution in [2.24, 2.45) is 0 Å². The van der Waals surface area contributed by atoms with Crippen LogP contribution in [0.4, 0.5) is 13.2 Å². The number of halogens is 3. The Bertz CT molecular complexity index is 757. The summed E-state index contributed by atoms with van der Waals surface area (Å²) in [6.07, 6.45) is -3.33. The van der Waals surface area contributed by atoms with Gasteiger partial charge in [-0.3, -0.25) is 9.47 Å². The molecule has 22 heavy (non-hydrogen) atoms. The summed E-state index contributed by atoms with van der Waals surface area (Å²) in [5, 5.41) is 0.763. The van der Waals surface area contributed by atoms with Crippen LogP contribution in [0.3, 0.4) is 0 Å². The summed E-state index contributed by atoms with van der Waals surface area (Å²) < 4.78 is 44.4. The molecule has 8 heteroatoms. The van der Waals surface area contributed by atoms with Crippen LogP contribution >= 0.6 is 0 Å². The average Bonchev–Trinajstić information content (AvgIpc) is 2.40. The zero-order valence-electron chi connectivity index (χ0n) is 11.8. The Kier molecular flexibility index (Phi) is 3.56. The maximum Gasteiger partial charge on any atom is 0.401 e. The van der Waals surface area contributed by atoms with Gasteiger partial charge in [-0.2, -0.15) is 13.2 Å². The fraction of sp³-hybridized carbons (Fsp3) is 0.429. The number of alkyl halides is 3.